The summed E-state index contributed by atoms with van der Waals surface area (Å²) in [6.07, 6.45) is 1.72. The molecule has 0 bridgehead atoms. The highest BCUT2D eigenvalue weighted by molar-refractivity contribution is 7.99. The van der Waals surface area contributed by atoms with Gasteiger partial charge in [0.15, 0.2) is 5.75 Å². The van der Waals surface area contributed by atoms with Crippen LogP contribution in [-0.4, -0.2) is 28.7 Å². The fourth-order valence-corrected chi connectivity index (χ4v) is 3.67. The van der Waals surface area contributed by atoms with E-state index in [2.05, 4.69) is 10.3 Å². The molecule has 8 nitrogen and oxygen atoms in total. The second-order valence-corrected chi connectivity index (χ2v) is 7.78. The SMILES string of the molecule is COc1ccc(CSCC(=O)NCc2cccc(OCc3ccccn3)c2)cc1[N+](=O)[O-]. The minimum absolute atomic E-state index is 0.0832. The van der Waals surface area contributed by atoms with Gasteiger partial charge in [0.2, 0.25) is 5.91 Å². The lowest BCUT2D eigenvalue weighted by Crippen LogP contribution is -2.24. The number of nitro groups is 1. The minimum Gasteiger partial charge on any atom is -0.490 e. The average molecular weight is 454 g/mol. The number of nitrogens with zero attached hydrogens (tertiary/aromatic N) is 2. The first-order chi connectivity index (χ1) is 15.5. The van der Waals surface area contributed by atoms with Crippen LogP contribution < -0.4 is 14.8 Å². The molecule has 9 heteroatoms. The van der Waals surface area contributed by atoms with Crippen molar-refractivity contribution < 1.29 is 19.2 Å². The molecule has 0 radical (unpaired) electrons. The summed E-state index contributed by atoms with van der Waals surface area (Å²) >= 11 is 1.39. The summed E-state index contributed by atoms with van der Waals surface area (Å²) in [6.45, 7) is 0.755. The Bertz CT molecular complexity index is 1060. The van der Waals surface area contributed by atoms with Crippen molar-refractivity contribution in [2.24, 2.45) is 0 Å². The molecule has 0 atom stereocenters. The zero-order chi connectivity index (χ0) is 22.8. The van der Waals surface area contributed by atoms with E-state index >= 15 is 0 Å². The van der Waals surface area contributed by atoms with Crippen molar-refractivity contribution in [3.05, 3.63) is 93.8 Å². The monoisotopic (exact) mass is 453 g/mol. The maximum atomic E-state index is 12.2. The van der Waals surface area contributed by atoms with Gasteiger partial charge in [0.05, 0.1) is 23.5 Å². The number of ether oxygens (including phenoxy) is 2. The average Bonchev–Trinajstić information content (AvgIpc) is 2.82. The Morgan fingerprint density at radius 2 is 2.00 bits per heavy atom. The molecular weight excluding hydrogens is 430 g/mol. The first-order valence-corrected chi connectivity index (χ1v) is 11.0. The molecular formula is C23H23N3O5S. The van der Waals surface area contributed by atoms with Gasteiger partial charge in [-0.25, -0.2) is 0 Å². The maximum absolute atomic E-state index is 12.2. The molecule has 3 aromatic rings. The van der Waals surface area contributed by atoms with Crippen LogP contribution in [-0.2, 0) is 23.7 Å². The lowest BCUT2D eigenvalue weighted by atomic mass is 10.2. The van der Waals surface area contributed by atoms with Gasteiger partial charge in [0, 0.05) is 24.6 Å². The number of benzene rings is 2. The van der Waals surface area contributed by atoms with Crippen LogP contribution in [0.25, 0.3) is 0 Å². The molecule has 0 spiro atoms. The van der Waals surface area contributed by atoms with Gasteiger partial charge in [0.25, 0.3) is 0 Å². The van der Waals surface area contributed by atoms with Gasteiger partial charge in [-0.2, -0.15) is 0 Å². The normalized spacial score (nSPS) is 10.4. The van der Waals surface area contributed by atoms with Crippen LogP contribution in [0.15, 0.2) is 66.9 Å². The first-order valence-electron chi connectivity index (χ1n) is 9.82. The Kier molecular flexibility index (Phi) is 8.44. The fourth-order valence-electron chi connectivity index (χ4n) is 2.87. The van der Waals surface area contributed by atoms with Gasteiger partial charge >= 0.3 is 5.69 Å². The van der Waals surface area contributed by atoms with Crippen LogP contribution in [0.2, 0.25) is 0 Å². The predicted octanol–water partition coefficient (Wildman–Crippen LogP) is 4.13. The summed E-state index contributed by atoms with van der Waals surface area (Å²) in [5, 5.41) is 14.0. The van der Waals surface area contributed by atoms with E-state index in [0.717, 1.165) is 16.8 Å². The molecule has 166 valence electrons. The number of nitro benzene ring substituents is 1. The zero-order valence-electron chi connectivity index (χ0n) is 17.5. The number of rotatable bonds is 11. The van der Waals surface area contributed by atoms with E-state index in [1.165, 1.54) is 24.9 Å². The van der Waals surface area contributed by atoms with Crippen LogP contribution in [0.5, 0.6) is 11.5 Å². The third kappa shape index (κ3) is 6.98. The number of nitrogens with one attached hydrogen (secondary N) is 1. The molecule has 0 aliphatic rings. The standard InChI is InChI=1S/C23H23N3O5S/c1-30-22-9-8-18(12-21(22)26(28)29)15-32-16-23(27)25-13-17-5-4-7-20(11-17)31-14-19-6-2-3-10-24-19/h2-12H,13-16H2,1H3,(H,25,27). The Labute approximate surface area is 190 Å². The van der Waals surface area contributed by atoms with E-state index in [0.29, 0.717) is 24.7 Å². The second kappa shape index (κ2) is 11.7. The third-order valence-electron chi connectivity index (χ3n) is 4.44. The quantitative estimate of drug-likeness (QED) is 0.344. The van der Waals surface area contributed by atoms with Crippen molar-refractivity contribution in [2.45, 2.75) is 18.9 Å². The summed E-state index contributed by atoms with van der Waals surface area (Å²) in [7, 11) is 1.39. The van der Waals surface area contributed by atoms with Gasteiger partial charge in [-0.15, -0.1) is 11.8 Å². The molecule has 1 heterocycles. The summed E-state index contributed by atoms with van der Waals surface area (Å²) in [5.74, 6) is 1.54. The van der Waals surface area contributed by atoms with Gasteiger partial charge in [-0.1, -0.05) is 24.3 Å². The van der Waals surface area contributed by atoms with Crippen molar-refractivity contribution in [3.8, 4) is 11.5 Å². The van der Waals surface area contributed by atoms with Crippen LogP contribution in [0.1, 0.15) is 16.8 Å². The van der Waals surface area contributed by atoms with Crippen molar-refractivity contribution in [3.63, 3.8) is 0 Å². The third-order valence-corrected chi connectivity index (χ3v) is 5.45. The number of pyridine rings is 1. The van der Waals surface area contributed by atoms with Crippen LogP contribution in [0, 0.1) is 10.1 Å². The largest absolute Gasteiger partial charge is 0.490 e. The number of hydrogen-bond donors (Lipinski definition) is 1. The van der Waals surface area contributed by atoms with Crippen LogP contribution >= 0.6 is 11.8 Å². The van der Waals surface area contributed by atoms with Crippen molar-refractivity contribution in [1.29, 1.82) is 0 Å². The Morgan fingerprint density at radius 1 is 1.12 bits per heavy atom. The van der Waals surface area contributed by atoms with Crippen LogP contribution in [0.3, 0.4) is 0 Å². The molecule has 2 aromatic carbocycles. The smallest absolute Gasteiger partial charge is 0.311 e. The fraction of sp³-hybridized carbons (Fsp3) is 0.217. The molecule has 32 heavy (non-hydrogen) atoms. The number of hydrogen-bond acceptors (Lipinski definition) is 7. The van der Waals surface area contributed by atoms with Gasteiger partial charge < -0.3 is 14.8 Å². The first kappa shape index (κ1) is 23.1. The van der Waals surface area contributed by atoms with E-state index in [1.807, 2.05) is 42.5 Å². The maximum Gasteiger partial charge on any atom is 0.311 e. The molecule has 0 aliphatic carbocycles. The number of carbonyl (C=O) groups excluding carboxylic acids is 1. The number of aromatic nitrogens is 1. The lowest BCUT2D eigenvalue weighted by molar-refractivity contribution is -0.385. The van der Waals surface area contributed by atoms with Gasteiger partial charge in [-0.3, -0.25) is 19.9 Å². The van der Waals surface area contributed by atoms with Crippen molar-refractivity contribution >= 4 is 23.4 Å². The van der Waals surface area contributed by atoms with Gasteiger partial charge in [-0.05, 0) is 41.5 Å². The summed E-state index contributed by atoms with van der Waals surface area (Å²) < 4.78 is 10.8. The number of carbonyl (C=O) groups is 1. The molecule has 0 saturated heterocycles. The van der Waals surface area contributed by atoms with Crippen molar-refractivity contribution in [1.82, 2.24) is 10.3 Å². The molecule has 0 aliphatic heterocycles. The topological polar surface area (TPSA) is 104 Å². The molecule has 0 saturated carbocycles. The predicted molar refractivity (Wildman–Crippen MR) is 123 cm³/mol. The van der Waals surface area contributed by atoms with Crippen LogP contribution in [0.4, 0.5) is 5.69 Å². The zero-order valence-corrected chi connectivity index (χ0v) is 18.3. The van der Waals surface area contributed by atoms with E-state index in [-0.39, 0.29) is 23.1 Å². The second-order valence-electron chi connectivity index (χ2n) is 6.79. The Hall–Kier alpha value is -3.59. The molecule has 3 rings (SSSR count). The lowest BCUT2D eigenvalue weighted by Gasteiger charge is -2.09. The summed E-state index contributed by atoms with van der Waals surface area (Å²) in [6, 6.07) is 18.0. The van der Waals surface area contributed by atoms with E-state index in [1.54, 1.807) is 18.3 Å². The van der Waals surface area contributed by atoms with E-state index < -0.39 is 4.92 Å². The van der Waals surface area contributed by atoms with E-state index in [9.17, 15) is 14.9 Å². The molecule has 1 aromatic heterocycles. The number of thioether (sulfide) groups is 1. The molecule has 1 N–H and O–H groups in total. The highest BCUT2D eigenvalue weighted by atomic mass is 32.2. The summed E-state index contributed by atoms with van der Waals surface area (Å²) in [5.41, 5.74) is 2.44. The molecule has 0 fully saturated rings. The van der Waals surface area contributed by atoms with E-state index in [4.69, 9.17) is 9.47 Å². The number of methoxy groups -OCH3 is 1. The highest BCUT2D eigenvalue weighted by Crippen LogP contribution is 2.29. The highest BCUT2D eigenvalue weighted by Gasteiger charge is 2.15. The van der Waals surface area contributed by atoms with Gasteiger partial charge in [0.1, 0.15) is 12.4 Å². The summed E-state index contributed by atoms with van der Waals surface area (Å²) in [4.78, 5) is 27.0. The number of amides is 1. The molecule has 1 amide bonds. The van der Waals surface area contributed by atoms with Crippen molar-refractivity contribution in [2.75, 3.05) is 12.9 Å². The molecule has 0 unspecified atom stereocenters. The Morgan fingerprint density at radius 3 is 2.75 bits per heavy atom. The minimum atomic E-state index is -0.478. The Balaban J connectivity index is 1.43.